The van der Waals surface area contributed by atoms with Gasteiger partial charge in [0.1, 0.15) is 29.0 Å². The van der Waals surface area contributed by atoms with E-state index in [4.69, 9.17) is 15.5 Å². The van der Waals surface area contributed by atoms with E-state index in [9.17, 15) is 5.26 Å². The molecule has 1 aliphatic rings. The summed E-state index contributed by atoms with van der Waals surface area (Å²) >= 11 is 0. The van der Waals surface area contributed by atoms with Crippen LogP contribution >= 0.6 is 0 Å². The minimum Gasteiger partial charge on any atom is -0.482 e. The Morgan fingerprint density at radius 2 is 2.19 bits per heavy atom. The number of nitrogens with one attached hydrogen (secondary N) is 1. The first kappa shape index (κ1) is 21.6. The Morgan fingerprint density at radius 1 is 1.41 bits per heavy atom. The standard InChI is InChI=1S/C23H28N8O/c1-15(29-19-4-7-26-8-5-19)20(12-25)17-10-22(23-18(11-24)13-28-31(23)14-17)32-16(2)21-6-9-27-30(21)3/h6,9-10,12-14,16,19,26H,4-5,7-8,25H2,1-3H3/b20-12+,29-15?. The molecule has 1 unspecified atom stereocenters. The Kier molecular flexibility index (Phi) is 6.23. The first-order valence-corrected chi connectivity index (χ1v) is 10.8. The second-order valence-electron chi connectivity index (χ2n) is 7.97. The second-order valence-corrected chi connectivity index (χ2v) is 7.97. The lowest BCUT2D eigenvalue weighted by Crippen LogP contribution is -2.30. The maximum atomic E-state index is 9.58. The smallest absolute Gasteiger partial charge is 0.148 e. The monoisotopic (exact) mass is 432 g/mol. The summed E-state index contributed by atoms with van der Waals surface area (Å²) in [5, 5.41) is 21.5. The Balaban J connectivity index is 1.74. The molecule has 0 saturated carbocycles. The Hall–Kier alpha value is -3.64. The van der Waals surface area contributed by atoms with E-state index in [0.29, 0.717) is 16.8 Å². The van der Waals surface area contributed by atoms with Gasteiger partial charge >= 0.3 is 0 Å². The van der Waals surface area contributed by atoms with Gasteiger partial charge in [-0.1, -0.05) is 0 Å². The number of pyridine rings is 1. The zero-order chi connectivity index (χ0) is 22.7. The molecule has 1 aliphatic heterocycles. The first-order valence-electron chi connectivity index (χ1n) is 10.8. The fourth-order valence-corrected chi connectivity index (χ4v) is 4.14. The largest absolute Gasteiger partial charge is 0.482 e. The fourth-order valence-electron chi connectivity index (χ4n) is 4.14. The summed E-state index contributed by atoms with van der Waals surface area (Å²) < 4.78 is 9.77. The molecule has 32 heavy (non-hydrogen) atoms. The van der Waals surface area contributed by atoms with Gasteiger partial charge in [-0.3, -0.25) is 9.67 Å². The van der Waals surface area contributed by atoms with Crippen molar-refractivity contribution < 1.29 is 4.74 Å². The molecule has 3 aromatic rings. The third-order valence-corrected chi connectivity index (χ3v) is 5.83. The van der Waals surface area contributed by atoms with Gasteiger partial charge in [0.2, 0.25) is 0 Å². The number of piperidine rings is 1. The van der Waals surface area contributed by atoms with E-state index in [1.54, 1.807) is 27.8 Å². The predicted molar refractivity (Wildman–Crippen MR) is 123 cm³/mol. The lowest BCUT2D eigenvalue weighted by atomic mass is 10.0. The van der Waals surface area contributed by atoms with E-state index in [2.05, 4.69) is 21.6 Å². The van der Waals surface area contributed by atoms with Crippen molar-refractivity contribution in [1.29, 1.82) is 5.26 Å². The lowest BCUT2D eigenvalue weighted by Gasteiger charge is -2.21. The molecule has 4 heterocycles. The Labute approximate surface area is 187 Å². The van der Waals surface area contributed by atoms with Crippen molar-refractivity contribution in [3.63, 3.8) is 0 Å². The number of nitrogens with zero attached hydrogens (tertiary/aromatic N) is 6. The number of allylic oxidation sites excluding steroid dienone is 1. The molecule has 1 saturated heterocycles. The van der Waals surface area contributed by atoms with Gasteiger partial charge in [-0.05, 0) is 51.9 Å². The van der Waals surface area contributed by atoms with Gasteiger partial charge in [-0.15, -0.1) is 0 Å². The highest BCUT2D eigenvalue weighted by atomic mass is 16.5. The number of aryl methyl sites for hydroxylation is 1. The molecule has 0 bridgehead atoms. The predicted octanol–water partition coefficient (Wildman–Crippen LogP) is 2.59. The van der Waals surface area contributed by atoms with Gasteiger partial charge in [-0.25, -0.2) is 4.52 Å². The van der Waals surface area contributed by atoms with Crippen molar-refractivity contribution in [3.8, 4) is 11.8 Å². The Morgan fingerprint density at radius 3 is 2.84 bits per heavy atom. The molecular formula is C23H28N8O. The topological polar surface area (TPSA) is 119 Å². The number of rotatable bonds is 6. The highest BCUT2D eigenvalue weighted by Crippen LogP contribution is 2.32. The van der Waals surface area contributed by atoms with Crippen LogP contribution in [0.5, 0.6) is 5.75 Å². The maximum absolute atomic E-state index is 9.58. The number of hydrogen-bond acceptors (Lipinski definition) is 7. The van der Waals surface area contributed by atoms with Gasteiger partial charge in [0.05, 0.1) is 17.9 Å². The van der Waals surface area contributed by atoms with E-state index in [-0.39, 0.29) is 12.1 Å². The van der Waals surface area contributed by atoms with Crippen LogP contribution in [0.1, 0.15) is 49.6 Å². The SMILES string of the molecule is CC(=NC1CCNCC1)/C(=C\N)c1cc(OC(C)c2ccnn2C)c2c(C#N)cnn2c1. The summed E-state index contributed by atoms with van der Waals surface area (Å²) in [6, 6.07) is 6.30. The van der Waals surface area contributed by atoms with Crippen LogP contribution in [-0.2, 0) is 7.05 Å². The van der Waals surface area contributed by atoms with Crippen LogP contribution in [0.2, 0.25) is 0 Å². The number of aromatic nitrogens is 4. The van der Waals surface area contributed by atoms with Crippen LogP contribution < -0.4 is 15.8 Å². The summed E-state index contributed by atoms with van der Waals surface area (Å²) in [5.41, 5.74) is 10.6. The van der Waals surface area contributed by atoms with Gasteiger partial charge in [0, 0.05) is 42.5 Å². The summed E-state index contributed by atoms with van der Waals surface area (Å²) in [7, 11) is 1.87. The van der Waals surface area contributed by atoms with Crippen molar-refractivity contribution in [2.24, 2.45) is 17.8 Å². The normalized spacial score (nSPS) is 16.8. The summed E-state index contributed by atoms with van der Waals surface area (Å²) in [5.74, 6) is 0.555. The quantitative estimate of drug-likeness (QED) is 0.578. The molecule has 0 aromatic carbocycles. The van der Waals surface area contributed by atoms with E-state index >= 15 is 0 Å². The molecule has 1 atom stereocenters. The summed E-state index contributed by atoms with van der Waals surface area (Å²) in [4.78, 5) is 4.92. The third-order valence-electron chi connectivity index (χ3n) is 5.83. The van der Waals surface area contributed by atoms with E-state index < -0.39 is 0 Å². The van der Waals surface area contributed by atoms with E-state index in [0.717, 1.165) is 48.5 Å². The molecule has 0 spiro atoms. The Bertz CT molecular complexity index is 1210. The van der Waals surface area contributed by atoms with Gasteiger partial charge < -0.3 is 15.8 Å². The first-order chi connectivity index (χ1) is 15.5. The van der Waals surface area contributed by atoms with Gasteiger partial charge in [-0.2, -0.15) is 15.5 Å². The number of ether oxygens (including phenoxy) is 1. The molecule has 1 fully saturated rings. The summed E-state index contributed by atoms with van der Waals surface area (Å²) in [6.45, 7) is 5.88. The molecule has 9 heteroatoms. The van der Waals surface area contributed by atoms with Crippen LogP contribution in [0.3, 0.4) is 0 Å². The zero-order valence-corrected chi connectivity index (χ0v) is 18.6. The molecule has 3 aromatic heterocycles. The number of fused-ring (bicyclic) bond motifs is 1. The molecule has 3 N–H and O–H groups in total. The average Bonchev–Trinajstić information content (AvgIpc) is 3.41. The fraction of sp³-hybridized carbons (Fsp3) is 0.391. The van der Waals surface area contributed by atoms with Gasteiger partial charge in [0.15, 0.2) is 0 Å². The van der Waals surface area contributed by atoms with Crippen molar-refractivity contribution in [1.82, 2.24) is 24.7 Å². The molecule has 0 amide bonds. The number of nitriles is 1. The minimum absolute atomic E-state index is 0.280. The molecule has 0 aliphatic carbocycles. The average molecular weight is 433 g/mol. The van der Waals surface area contributed by atoms with Crippen LogP contribution in [0, 0.1) is 11.3 Å². The summed E-state index contributed by atoms with van der Waals surface area (Å²) in [6.07, 6.45) is 8.45. The molecule has 0 radical (unpaired) electrons. The molecule has 9 nitrogen and oxygen atoms in total. The molecule has 4 rings (SSSR count). The zero-order valence-electron chi connectivity index (χ0n) is 18.6. The minimum atomic E-state index is -0.280. The molecule has 166 valence electrons. The van der Waals surface area contributed by atoms with E-state index in [1.165, 1.54) is 0 Å². The lowest BCUT2D eigenvalue weighted by molar-refractivity contribution is 0.218. The van der Waals surface area contributed by atoms with Crippen molar-refractivity contribution in [3.05, 3.63) is 53.7 Å². The van der Waals surface area contributed by atoms with E-state index in [1.807, 2.05) is 39.2 Å². The van der Waals surface area contributed by atoms with Crippen molar-refractivity contribution in [2.75, 3.05) is 13.1 Å². The van der Waals surface area contributed by atoms with Crippen LogP contribution in [0.25, 0.3) is 11.1 Å². The van der Waals surface area contributed by atoms with Crippen molar-refractivity contribution >= 4 is 16.8 Å². The molecular weight excluding hydrogens is 404 g/mol. The highest BCUT2D eigenvalue weighted by Gasteiger charge is 2.20. The number of nitrogens with two attached hydrogens (primary N) is 1. The maximum Gasteiger partial charge on any atom is 0.148 e. The third kappa shape index (κ3) is 4.22. The van der Waals surface area contributed by atoms with Gasteiger partial charge in [0.25, 0.3) is 0 Å². The number of aliphatic imine (C=N–C) groups is 1. The van der Waals surface area contributed by atoms with Crippen LogP contribution in [0.15, 0.2) is 41.9 Å². The van der Waals surface area contributed by atoms with Crippen LogP contribution in [0.4, 0.5) is 0 Å². The number of hydrogen-bond donors (Lipinski definition) is 2. The second kappa shape index (κ2) is 9.24. The van der Waals surface area contributed by atoms with Crippen LogP contribution in [-0.4, -0.2) is 44.2 Å². The highest BCUT2D eigenvalue weighted by molar-refractivity contribution is 6.22. The van der Waals surface area contributed by atoms with Crippen molar-refractivity contribution in [2.45, 2.75) is 38.8 Å².